The Morgan fingerprint density at radius 1 is 0.842 bits per heavy atom. The number of likely N-dealkylation sites (tertiary alicyclic amines) is 1. The molecule has 17 nitrogen and oxygen atoms in total. The van der Waals surface area contributed by atoms with Crippen molar-refractivity contribution < 1.29 is 73.4 Å². The molecule has 57 heavy (non-hydrogen) atoms. The molecule has 4 saturated heterocycles. The van der Waals surface area contributed by atoms with E-state index in [2.05, 4.69) is 0 Å². The molecule has 0 spiro atoms. The molecule has 0 aromatic carbocycles. The molecule has 4 aliphatic heterocycles. The van der Waals surface area contributed by atoms with E-state index in [4.69, 9.17) is 57.4 Å². The van der Waals surface area contributed by atoms with Crippen molar-refractivity contribution in [2.75, 3.05) is 20.3 Å². The number of hydrogen-bond acceptors (Lipinski definition) is 15. The Hall–Kier alpha value is -3.53. The van der Waals surface area contributed by atoms with E-state index in [1.807, 2.05) is 0 Å². The Bertz CT molecular complexity index is 1690. The lowest BCUT2D eigenvalue weighted by molar-refractivity contribution is -0.338. The first-order chi connectivity index (χ1) is 27.1. The highest BCUT2D eigenvalue weighted by Crippen LogP contribution is 2.35. The minimum atomic E-state index is -1.86. The molecule has 0 saturated carbocycles. The van der Waals surface area contributed by atoms with E-state index in [0.717, 1.165) is 11.0 Å². The molecular formula is C38H48Cl2N2O15. The summed E-state index contributed by atoms with van der Waals surface area (Å²) in [5.41, 5.74) is 4.70. The normalized spacial score (nSPS) is 37.0. The van der Waals surface area contributed by atoms with Gasteiger partial charge in [-0.15, -0.1) is 0 Å². The average molecular weight is 844 g/mol. The average Bonchev–Trinajstić information content (AvgIpc) is 3.56. The van der Waals surface area contributed by atoms with Crippen LogP contribution in [0.3, 0.4) is 0 Å². The first-order valence-electron chi connectivity index (χ1n) is 17.8. The van der Waals surface area contributed by atoms with Crippen LogP contribution in [0, 0.1) is 0 Å². The molecular weight excluding hydrogens is 795 g/mol. The van der Waals surface area contributed by atoms with Gasteiger partial charge in [-0.05, 0) is 38.2 Å². The van der Waals surface area contributed by atoms with Crippen molar-refractivity contribution >= 4 is 40.8 Å². The maximum atomic E-state index is 13.9. The summed E-state index contributed by atoms with van der Waals surface area (Å²) < 4.78 is 33.7. The van der Waals surface area contributed by atoms with Gasteiger partial charge in [0.15, 0.2) is 24.6 Å². The van der Waals surface area contributed by atoms with Gasteiger partial charge >= 0.3 is 0 Å². The van der Waals surface area contributed by atoms with E-state index in [0.29, 0.717) is 10.1 Å². The number of nitrogens with two attached hydrogens (primary N) is 1. The SMILES string of the molecule is COC1C(OC2COC(OC3C(O)C(O)COC3N3C(=O)C(=C(O)C=CC=CC=CC=C(Cl)C=CC=CC=C(C)Cl)C(=O)C3CC(N)=O)C(O)C2O)OC(C)C1O. The highest BCUT2D eigenvalue weighted by molar-refractivity contribution is 6.31. The number of primary amides is 1. The van der Waals surface area contributed by atoms with Crippen molar-refractivity contribution in [1.29, 1.82) is 0 Å². The summed E-state index contributed by atoms with van der Waals surface area (Å²) in [4.78, 5) is 40.3. The molecule has 13 atom stereocenters. The molecule has 0 aromatic rings. The number of ketones is 1. The van der Waals surface area contributed by atoms with Crippen molar-refractivity contribution in [2.24, 2.45) is 5.73 Å². The second-order valence-corrected chi connectivity index (χ2v) is 14.4. The third-order valence-corrected chi connectivity index (χ3v) is 9.58. The number of carbonyl (C=O) groups is 3. The van der Waals surface area contributed by atoms with Gasteiger partial charge in [-0.3, -0.25) is 19.3 Å². The molecule has 4 aliphatic rings. The highest BCUT2D eigenvalue weighted by Gasteiger charge is 2.56. The highest BCUT2D eigenvalue weighted by atomic mass is 35.5. The van der Waals surface area contributed by atoms with E-state index in [-0.39, 0.29) is 0 Å². The summed E-state index contributed by atoms with van der Waals surface area (Å²) in [6.45, 7) is 2.38. The molecule has 4 fully saturated rings. The number of methoxy groups -OCH3 is 1. The molecule has 13 unspecified atom stereocenters. The summed E-state index contributed by atoms with van der Waals surface area (Å²) in [7, 11) is 1.34. The third kappa shape index (κ3) is 11.8. The van der Waals surface area contributed by atoms with Gasteiger partial charge in [0.2, 0.25) is 5.91 Å². The van der Waals surface area contributed by atoms with Crippen LogP contribution in [0.1, 0.15) is 20.3 Å². The zero-order valence-electron chi connectivity index (χ0n) is 31.2. The number of carbonyl (C=O) groups excluding carboxylic acids is 3. The fourth-order valence-corrected chi connectivity index (χ4v) is 6.48. The Morgan fingerprint density at radius 2 is 1.49 bits per heavy atom. The maximum Gasteiger partial charge on any atom is 0.264 e. The number of Topliss-reactive ketones (excluding diaryl/α,β-unsaturated/α-hetero) is 1. The van der Waals surface area contributed by atoms with Gasteiger partial charge in [-0.1, -0.05) is 71.8 Å². The Morgan fingerprint density at radius 3 is 2.18 bits per heavy atom. The second-order valence-electron chi connectivity index (χ2n) is 13.3. The quantitative estimate of drug-likeness (QED) is 0.0514. The number of allylic oxidation sites excluding steroid dienone is 14. The number of nitrogens with zero attached hydrogens (tertiary/aromatic N) is 1. The van der Waals surface area contributed by atoms with Crippen molar-refractivity contribution in [1.82, 2.24) is 4.90 Å². The lowest BCUT2D eigenvalue weighted by Gasteiger charge is -2.46. The minimum absolute atomic E-state index is 0.406. The molecule has 2 amide bonds. The fourth-order valence-electron chi connectivity index (χ4n) is 6.26. The molecule has 4 rings (SSSR count). The van der Waals surface area contributed by atoms with E-state index in [1.54, 1.807) is 68.5 Å². The van der Waals surface area contributed by atoms with Crippen LogP contribution in [0.5, 0.6) is 0 Å². The smallest absolute Gasteiger partial charge is 0.264 e. The predicted octanol–water partition coefficient (Wildman–Crippen LogP) is 0.547. The molecule has 19 heteroatoms. The van der Waals surface area contributed by atoms with Gasteiger partial charge in [0.1, 0.15) is 66.2 Å². The standard InChI is InChI=1S/C38H48Cl2N2O15/c1-19(39)12-8-7-10-14-21(40)13-9-5-4-6-11-15-23(43)27-29(47)22(16-26(41)45)42(35(27)51)36-33(30(48)24(44)17-53-36)57-37-32(50)31(49)25(18-54-37)56-38-34(52-3)28(46)20(2)55-38/h4-15,20,22,24-25,28,30-34,36-38,43-44,46,48-50H,16-18H2,1-3H3,(H2,41,45). The van der Waals surface area contributed by atoms with Gasteiger partial charge in [0, 0.05) is 17.2 Å². The second kappa shape index (κ2) is 21.5. The fraction of sp³-hybridized carbons (Fsp3) is 0.500. The molecule has 0 aliphatic carbocycles. The first kappa shape index (κ1) is 46.2. The van der Waals surface area contributed by atoms with Crippen LogP contribution in [0.2, 0.25) is 0 Å². The van der Waals surface area contributed by atoms with Crippen LogP contribution >= 0.6 is 23.2 Å². The van der Waals surface area contributed by atoms with Crippen LogP contribution in [-0.4, -0.2) is 153 Å². The van der Waals surface area contributed by atoms with Crippen LogP contribution in [-0.2, 0) is 42.8 Å². The van der Waals surface area contributed by atoms with Crippen LogP contribution in [0.4, 0.5) is 0 Å². The summed E-state index contributed by atoms with van der Waals surface area (Å²) >= 11 is 11.9. The van der Waals surface area contributed by atoms with Crippen LogP contribution < -0.4 is 5.73 Å². The monoisotopic (exact) mass is 842 g/mol. The van der Waals surface area contributed by atoms with Gasteiger partial charge < -0.3 is 64.8 Å². The Balaban J connectivity index is 1.48. The lowest BCUT2D eigenvalue weighted by atomic mass is 10.0. The maximum absolute atomic E-state index is 13.9. The van der Waals surface area contributed by atoms with Crippen molar-refractivity contribution in [2.45, 2.75) is 100 Å². The van der Waals surface area contributed by atoms with E-state index < -0.39 is 128 Å². The van der Waals surface area contributed by atoms with Crippen LogP contribution in [0.15, 0.2) is 94.3 Å². The first-order valence-corrected chi connectivity index (χ1v) is 18.6. The van der Waals surface area contributed by atoms with Crippen molar-refractivity contribution in [3.8, 4) is 0 Å². The summed E-state index contributed by atoms with van der Waals surface area (Å²) in [5.74, 6) is -3.85. The number of hydrogen-bond donors (Lipinski definition) is 7. The van der Waals surface area contributed by atoms with E-state index in [9.17, 15) is 45.0 Å². The van der Waals surface area contributed by atoms with Gasteiger partial charge in [-0.2, -0.15) is 0 Å². The number of rotatable bonds is 15. The predicted molar refractivity (Wildman–Crippen MR) is 203 cm³/mol. The number of aliphatic hydroxyl groups is 6. The van der Waals surface area contributed by atoms with Crippen LogP contribution in [0.25, 0.3) is 0 Å². The number of halogens is 2. The molecule has 4 heterocycles. The molecule has 0 radical (unpaired) electrons. The zero-order valence-corrected chi connectivity index (χ0v) is 32.7. The van der Waals surface area contributed by atoms with Gasteiger partial charge in [0.25, 0.3) is 5.91 Å². The Kier molecular flexibility index (Phi) is 17.4. The number of amides is 2. The van der Waals surface area contributed by atoms with E-state index >= 15 is 0 Å². The number of ether oxygens (including phenoxy) is 6. The van der Waals surface area contributed by atoms with Crippen molar-refractivity contribution in [3.63, 3.8) is 0 Å². The topological polar surface area (TPSA) is 257 Å². The number of aliphatic hydroxyl groups excluding tert-OH is 6. The molecule has 0 bridgehead atoms. The molecule has 0 aromatic heterocycles. The van der Waals surface area contributed by atoms with Crippen molar-refractivity contribution in [3.05, 3.63) is 94.3 Å². The zero-order chi connectivity index (χ0) is 42.0. The minimum Gasteiger partial charge on any atom is -0.507 e. The van der Waals surface area contributed by atoms with E-state index in [1.165, 1.54) is 19.3 Å². The largest absolute Gasteiger partial charge is 0.507 e. The molecule has 8 N–H and O–H groups in total. The lowest BCUT2D eigenvalue weighted by Crippen LogP contribution is -2.65. The Labute approximate surface area is 338 Å². The van der Waals surface area contributed by atoms with Gasteiger partial charge in [0.05, 0.1) is 25.7 Å². The van der Waals surface area contributed by atoms with Gasteiger partial charge in [-0.25, -0.2) is 0 Å². The third-order valence-electron chi connectivity index (χ3n) is 9.21. The summed E-state index contributed by atoms with van der Waals surface area (Å²) in [6, 6.07) is -1.63. The molecule has 314 valence electrons. The summed E-state index contributed by atoms with van der Waals surface area (Å²) in [6.07, 6.45) is 1.22. The summed E-state index contributed by atoms with van der Waals surface area (Å²) in [5, 5.41) is 65.7.